The van der Waals surface area contributed by atoms with Crippen LogP contribution in [0.25, 0.3) is 10.9 Å². The molecule has 0 saturated heterocycles. The van der Waals surface area contributed by atoms with Gasteiger partial charge in [0.2, 0.25) is 0 Å². The molecule has 0 fully saturated rings. The van der Waals surface area contributed by atoms with Gasteiger partial charge in [-0.3, -0.25) is 9.59 Å². The van der Waals surface area contributed by atoms with Gasteiger partial charge < -0.3 is 14.8 Å². The number of thioether (sulfide) groups is 1. The number of carbonyl (C=O) groups excluding carboxylic acids is 1. The number of hydrogen-bond acceptors (Lipinski definition) is 4. The van der Waals surface area contributed by atoms with E-state index in [1.807, 2.05) is 13.8 Å². The molecule has 0 amide bonds. The molecule has 146 valence electrons. The zero-order valence-electron chi connectivity index (χ0n) is 16.1. The number of hydrogen-bond donors (Lipinski definition) is 2. The number of carboxylic acid groups (broad SMARTS) is 1. The number of esters is 1. The fourth-order valence-corrected chi connectivity index (χ4v) is 4.87. The van der Waals surface area contributed by atoms with Crippen LogP contribution < -0.4 is 0 Å². The maximum atomic E-state index is 12.1. The first-order valence-corrected chi connectivity index (χ1v) is 10.8. The quantitative estimate of drug-likeness (QED) is 0.412. The molecule has 2 N–H and O–H groups in total. The SMILES string of the molecule is CCC(CC)(OC(=O)CC(=O)O)C1CCc2c([nH]c3ccc(SC)cc23)C1. The molecule has 1 atom stereocenters. The maximum absolute atomic E-state index is 12.1. The minimum atomic E-state index is -1.15. The Balaban J connectivity index is 1.88. The minimum Gasteiger partial charge on any atom is -0.481 e. The Morgan fingerprint density at radius 3 is 2.70 bits per heavy atom. The predicted octanol–water partition coefficient (Wildman–Crippen LogP) is 4.57. The van der Waals surface area contributed by atoms with Crippen LogP contribution >= 0.6 is 11.8 Å². The van der Waals surface area contributed by atoms with Crippen molar-refractivity contribution in [2.24, 2.45) is 5.92 Å². The topological polar surface area (TPSA) is 79.4 Å². The molecular formula is C21H27NO4S. The Kier molecular flexibility index (Phi) is 5.84. The van der Waals surface area contributed by atoms with Crippen molar-refractivity contribution in [2.75, 3.05) is 6.26 Å². The molecule has 1 aromatic carbocycles. The lowest BCUT2D eigenvalue weighted by atomic mass is 9.73. The number of aryl methyl sites for hydroxylation is 1. The highest BCUT2D eigenvalue weighted by molar-refractivity contribution is 7.98. The molecule has 6 heteroatoms. The summed E-state index contributed by atoms with van der Waals surface area (Å²) >= 11 is 1.74. The third-order valence-electron chi connectivity index (χ3n) is 5.95. The summed E-state index contributed by atoms with van der Waals surface area (Å²) in [6.45, 7) is 4.03. The number of aliphatic carboxylic acids is 1. The molecular weight excluding hydrogens is 362 g/mol. The first kappa shape index (κ1) is 19.8. The number of carbonyl (C=O) groups is 2. The molecule has 5 nitrogen and oxygen atoms in total. The summed E-state index contributed by atoms with van der Waals surface area (Å²) < 4.78 is 5.78. The fourth-order valence-electron chi connectivity index (χ4n) is 4.43. The zero-order chi connectivity index (χ0) is 19.6. The van der Waals surface area contributed by atoms with E-state index in [9.17, 15) is 9.59 Å². The number of carboxylic acids is 1. The first-order valence-electron chi connectivity index (χ1n) is 9.53. The largest absolute Gasteiger partial charge is 0.481 e. The van der Waals surface area contributed by atoms with Crippen LogP contribution in [0, 0.1) is 5.92 Å². The Labute approximate surface area is 163 Å². The van der Waals surface area contributed by atoms with Crippen LogP contribution in [0.4, 0.5) is 0 Å². The number of fused-ring (bicyclic) bond motifs is 3. The molecule has 2 aromatic rings. The van der Waals surface area contributed by atoms with Crippen molar-refractivity contribution in [3.05, 3.63) is 29.5 Å². The van der Waals surface area contributed by atoms with E-state index in [1.165, 1.54) is 21.5 Å². The van der Waals surface area contributed by atoms with Crippen LogP contribution in [-0.2, 0) is 27.2 Å². The van der Waals surface area contributed by atoms with E-state index in [0.717, 1.165) is 24.8 Å². The van der Waals surface area contributed by atoms with Crippen molar-refractivity contribution in [1.82, 2.24) is 4.98 Å². The lowest BCUT2D eigenvalue weighted by molar-refractivity contribution is -0.171. The van der Waals surface area contributed by atoms with E-state index in [1.54, 1.807) is 11.8 Å². The van der Waals surface area contributed by atoms with Gasteiger partial charge >= 0.3 is 11.9 Å². The standard InChI is InChI=1S/C21H27NO4S/c1-4-21(5-2,26-20(25)12-19(23)24)13-6-8-15-16-11-14(27-3)7-9-17(16)22-18(15)10-13/h7,9,11,13,22H,4-6,8,10,12H2,1-3H3,(H,23,24). The summed E-state index contributed by atoms with van der Waals surface area (Å²) in [6, 6.07) is 6.51. The Bertz CT molecular complexity index is 853. The van der Waals surface area contributed by atoms with Crippen molar-refractivity contribution in [1.29, 1.82) is 0 Å². The van der Waals surface area contributed by atoms with Crippen molar-refractivity contribution in [3.8, 4) is 0 Å². The van der Waals surface area contributed by atoms with Gasteiger partial charge in [0.25, 0.3) is 0 Å². The van der Waals surface area contributed by atoms with Crippen LogP contribution in [0.2, 0.25) is 0 Å². The molecule has 0 spiro atoms. The van der Waals surface area contributed by atoms with E-state index >= 15 is 0 Å². The van der Waals surface area contributed by atoms with Crippen LogP contribution in [-0.4, -0.2) is 33.9 Å². The number of aromatic amines is 1. The van der Waals surface area contributed by atoms with Crippen molar-refractivity contribution < 1.29 is 19.4 Å². The van der Waals surface area contributed by atoms with E-state index < -0.39 is 24.0 Å². The summed E-state index contributed by atoms with van der Waals surface area (Å²) in [4.78, 5) is 27.7. The molecule has 0 saturated carbocycles. The Morgan fingerprint density at radius 2 is 2.07 bits per heavy atom. The Morgan fingerprint density at radius 1 is 1.33 bits per heavy atom. The summed E-state index contributed by atoms with van der Waals surface area (Å²) in [7, 11) is 0. The highest BCUT2D eigenvalue weighted by atomic mass is 32.2. The van der Waals surface area contributed by atoms with Gasteiger partial charge in [-0.25, -0.2) is 0 Å². The third kappa shape index (κ3) is 3.86. The van der Waals surface area contributed by atoms with E-state index in [2.05, 4.69) is 29.4 Å². The summed E-state index contributed by atoms with van der Waals surface area (Å²) in [5.41, 5.74) is 3.14. The number of ether oxygens (including phenoxy) is 1. The van der Waals surface area contributed by atoms with Gasteiger partial charge in [0.15, 0.2) is 0 Å². The molecule has 3 rings (SSSR count). The highest BCUT2D eigenvalue weighted by Crippen LogP contribution is 2.41. The molecule has 1 heterocycles. The van der Waals surface area contributed by atoms with Gasteiger partial charge in [0.05, 0.1) is 0 Å². The molecule has 1 aliphatic carbocycles. The van der Waals surface area contributed by atoms with Crippen LogP contribution in [0.1, 0.15) is 50.8 Å². The zero-order valence-corrected chi connectivity index (χ0v) is 16.9. The number of H-pyrrole nitrogens is 1. The lowest BCUT2D eigenvalue weighted by Gasteiger charge is -2.41. The average molecular weight is 390 g/mol. The Hall–Kier alpha value is -1.95. The average Bonchev–Trinajstić information content (AvgIpc) is 3.02. The number of aromatic nitrogens is 1. The molecule has 1 unspecified atom stereocenters. The van der Waals surface area contributed by atoms with Crippen molar-refractivity contribution in [3.63, 3.8) is 0 Å². The van der Waals surface area contributed by atoms with Gasteiger partial charge in [-0.15, -0.1) is 11.8 Å². The third-order valence-corrected chi connectivity index (χ3v) is 6.67. The predicted molar refractivity (Wildman–Crippen MR) is 107 cm³/mol. The fraction of sp³-hybridized carbons (Fsp3) is 0.524. The first-order chi connectivity index (χ1) is 12.9. The lowest BCUT2D eigenvalue weighted by Crippen LogP contribution is -2.44. The molecule has 1 aromatic heterocycles. The van der Waals surface area contributed by atoms with E-state index in [4.69, 9.17) is 9.84 Å². The summed E-state index contributed by atoms with van der Waals surface area (Å²) in [6.07, 6.45) is 5.57. The number of nitrogens with one attached hydrogen (secondary N) is 1. The van der Waals surface area contributed by atoms with Gasteiger partial charge in [0, 0.05) is 27.4 Å². The second-order valence-corrected chi connectivity index (χ2v) is 8.13. The van der Waals surface area contributed by atoms with Crippen molar-refractivity contribution in [2.45, 2.75) is 62.9 Å². The summed E-state index contributed by atoms with van der Waals surface area (Å²) in [5, 5.41) is 10.2. The number of benzene rings is 1. The monoisotopic (exact) mass is 389 g/mol. The van der Waals surface area contributed by atoms with Crippen LogP contribution in [0.5, 0.6) is 0 Å². The van der Waals surface area contributed by atoms with Crippen LogP contribution in [0.3, 0.4) is 0 Å². The van der Waals surface area contributed by atoms with Gasteiger partial charge in [-0.1, -0.05) is 13.8 Å². The molecule has 0 radical (unpaired) electrons. The normalized spacial score (nSPS) is 16.9. The highest BCUT2D eigenvalue weighted by Gasteiger charge is 2.41. The van der Waals surface area contributed by atoms with Gasteiger partial charge in [-0.2, -0.15) is 0 Å². The van der Waals surface area contributed by atoms with E-state index in [-0.39, 0.29) is 5.92 Å². The van der Waals surface area contributed by atoms with Gasteiger partial charge in [0.1, 0.15) is 12.0 Å². The van der Waals surface area contributed by atoms with Crippen molar-refractivity contribution >= 4 is 34.6 Å². The number of rotatable bonds is 7. The molecule has 1 aliphatic rings. The molecule has 0 aliphatic heterocycles. The second-order valence-electron chi connectivity index (χ2n) is 7.25. The van der Waals surface area contributed by atoms with E-state index in [0.29, 0.717) is 12.8 Å². The summed E-state index contributed by atoms with van der Waals surface area (Å²) in [5.74, 6) is -1.60. The minimum absolute atomic E-state index is 0.186. The van der Waals surface area contributed by atoms with Gasteiger partial charge in [-0.05, 0) is 62.1 Å². The second kappa shape index (κ2) is 7.97. The smallest absolute Gasteiger partial charge is 0.317 e. The van der Waals surface area contributed by atoms with Crippen LogP contribution in [0.15, 0.2) is 23.1 Å². The maximum Gasteiger partial charge on any atom is 0.317 e. The molecule has 0 bridgehead atoms. The molecule has 27 heavy (non-hydrogen) atoms.